The van der Waals surface area contributed by atoms with E-state index in [4.69, 9.17) is 10.8 Å². The Kier molecular flexibility index (Phi) is 4.59. The molecule has 6 heteroatoms. The van der Waals surface area contributed by atoms with Crippen molar-refractivity contribution in [2.45, 2.75) is 13.3 Å². The molecule has 1 aromatic rings. The zero-order chi connectivity index (χ0) is 12.8. The Balaban J connectivity index is 2.80. The van der Waals surface area contributed by atoms with Crippen molar-refractivity contribution in [1.29, 1.82) is 0 Å². The highest BCUT2D eigenvalue weighted by molar-refractivity contribution is 7.80. The van der Waals surface area contributed by atoms with Gasteiger partial charge < -0.3 is 10.8 Å². The Morgan fingerprint density at radius 1 is 1.47 bits per heavy atom. The summed E-state index contributed by atoms with van der Waals surface area (Å²) in [5.74, 6) is -1.10. The molecule has 90 valence electrons. The maximum absolute atomic E-state index is 10.9. The lowest BCUT2D eigenvalue weighted by molar-refractivity contribution is -0.129. The number of carboxylic acid groups (broad SMARTS) is 1. The van der Waals surface area contributed by atoms with Crippen LogP contribution in [0.1, 0.15) is 11.1 Å². The fourth-order valence-electron chi connectivity index (χ4n) is 1.18. The van der Waals surface area contributed by atoms with Crippen LogP contribution in [0.3, 0.4) is 0 Å². The second-order valence-electron chi connectivity index (χ2n) is 3.50. The summed E-state index contributed by atoms with van der Waals surface area (Å²) >= 11 is 4.55. The lowest BCUT2D eigenvalue weighted by Crippen LogP contribution is -2.28. The summed E-state index contributed by atoms with van der Waals surface area (Å²) in [5, 5.41) is 12.5. The van der Waals surface area contributed by atoms with Gasteiger partial charge in [-0.05, 0) is 24.7 Å². The van der Waals surface area contributed by atoms with Crippen LogP contribution < -0.4 is 11.2 Å². The third kappa shape index (κ3) is 4.60. The van der Waals surface area contributed by atoms with Gasteiger partial charge >= 0.3 is 5.97 Å². The minimum absolute atomic E-state index is 0.0401. The number of rotatable bonds is 4. The van der Waals surface area contributed by atoms with Crippen LogP contribution in [0.4, 0.5) is 0 Å². The number of hydrogen-bond donors (Lipinski definition) is 3. The average Bonchev–Trinajstić information content (AvgIpc) is 2.26. The molecule has 1 rings (SSSR count). The molecular formula is C11H13N3O2S. The average molecular weight is 251 g/mol. The van der Waals surface area contributed by atoms with Crippen LogP contribution in [0.25, 0.3) is 0 Å². The third-order valence-electron chi connectivity index (χ3n) is 2.04. The van der Waals surface area contributed by atoms with Gasteiger partial charge in [0.1, 0.15) is 5.71 Å². The first-order valence-electron chi connectivity index (χ1n) is 4.90. The maximum Gasteiger partial charge on any atom is 0.352 e. The van der Waals surface area contributed by atoms with Crippen molar-refractivity contribution >= 4 is 29.0 Å². The predicted molar refractivity (Wildman–Crippen MR) is 69.9 cm³/mol. The van der Waals surface area contributed by atoms with Crippen molar-refractivity contribution in [2.24, 2.45) is 10.8 Å². The van der Waals surface area contributed by atoms with Crippen LogP contribution in [0.15, 0.2) is 29.4 Å². The normalized spacial score (nSPS) is 11.0. The van der Waals surface area contributed by atoms with Crippen LogP contribution in [0.5, 0.6) is 0 Å². The molecule has 0 aliphatic rings. The highest BCUT2D eigenvalue weighted by atomic mass is 32.1. The number of nitrogens with two attached hydrogens (primary N) is 1. The van der Waals surface area contributed by atoms with E-state index in [1.165, 1.54) is 0 Å². The second-order valence-corrected chi connectivity index (χ2v) is 3.94. The number of carbonyl (C=O) groups is 1. The number of nitrogens with zero attached hydrogens (tertiary/aromatic N) is 1. The smallest absolute Gasteiger partial charge is 0.352 e. The first-order chi connectivity index (χ1) is 7.99. The van der Waals surface area contributed by atoms with E-state index in [9.17, 15) is 4.79 Å². The molecule has 1 aromatic carbocycles. The molecule has 0 aliphatic carbocycles. The Morgan fingerprint density at radius 2 is 2.06 bits per heavy atom. The van der Waals surface area contributed by atoms with Gasteiger partial charge in [-0.15, -0.1) is 0 Å². The molecule has 0 heterocycles. The van der Waals surface area contributed by atoms with Crippen molar-refractivity contribution in [3.63, 3.8) is 0 Å². The zero-order valence-electron chi connectivity index (χ0n) is 9.30. The van der Waals surface area contributed by atoms with Crippen molar-refractivity contribution < 1.29 is 9.90 Å². The summed E-state index contributed by atoms with van der Waals surface area (Å²) in [6.45, 7) is 1.96. The number of aliphatic carboxylic acids is 1. The molecule has 0 bridgehead atoms. The van der Waals surface area contributed by atoms with Crippen LogP contribution in [0, 0.1) is 6.92 Å². The fourth-order valence-corrected chi connectivity index (χ4v) is 1.23. The van der Waals surface area contributed by atoms with Gasteiger partial charge in [0.05, 0.1) is 0 Å². The van der Waals surface area contributed by atoms with E-state index >= 15 is 0 Å². The summed E-state index contributed by atoms with van der Waals surface area (Å²) in [6, 6.07) is 7.54. The number of hydrazone groups is 1. The molecule has 0 aromatic heterocycles. The molecule has 0 unspecified atom stereocenters. The number of hydrogen-bond acceptors (Lipinski definition) is 3. The predicted octanol–water partition coefficient (Wildman–Crippen LogP) is 0.811. The summed E-state index contributed by atoms with van der Waals surface area (Å²) in [6.07, 6.45) is 0.214. The minimum Gasteiger partial charge on any atom is -0.477 e. The highest BCUT2D eigenvalue weighted by Gasteiger charge is 2.10. The van der Waals surface area contributed by atoms with Crippen LogP contribution in [-0.2, 0) is 11.2 Å². The summed E-state index contributed by atoms with van der Waals surface area (Å²) in [5.41, 5.74) is 9.39. The van der Waals surface area contributed by atoms with Gasteiger partial charge in [0.25, 0.3) is 0 Å². The molecule has 0 atom stereocenters. The Bertz CT molecular complexity index is 454. The molecule has 17 heavy (non-hydrogen) atoms. The van der Waals surface area contributed by atoms with Crippen LogP contribution in [0.2, 0.25) is 0 Å². The second kappa shape index (κ2) is 5.95. The zero-order valence-corrected chi connectivity index (χ0v) is 10.1. The summed E-state index contributed by atoms with van der Waals surface area (Å²) in [4.78, 5) is 10.9. The minimum atomic E-state index is -1.10. The molecule has 0 saturated heterocycles. The highest BCUT2D eigenvalue weighted by Crippen LogP contribution is 2.04. The largest absolute Gasteiger partial charge is 0.477 e. The van der Waals surface area contributed by atoms with E-state index in [1.807, 2.05) is 31.2 Å². The Hall–Kier alpha value is -1.95. The summed E-state index contributed by atoms with van der Waals surface area (Å²) < 4.78 is 0. The molecule has 0 saturated carbocycles. The molecule has 5 nitrogen and oxygen atoms in total. The quantitative estimate of drug-likeness (QED) is 0.419. The van der Waals surface area contributed by atoms with E-state index in [-0.39, 0.29) is 17.2 Å². The Morgan fingerprint density at radius 3 is 2.53 bits per heavy atom. The molecule has 0 spiro atoms. The van der Waals surface area contributed by atoms with Crippen molar-refractivity contribution in [2.75, 3.05) is 0 Å². The molecule has 4 N–H and O–H groups in total. The SMILES string of the molecule is Cc1ccc(C/C(=N\NC(N)=S)C(=O)O)cc1. The molecular weight excluding hydrogens is 238 g/mol. The first-order valence-corrected chi connectivity index (χ1v) is 5.30. The Labute approximate surface area is 104 Å². The number of nitrogens with one attached hydrogen (secondary N) is 1. The van der Waals surface area contributed by atoms with Gasteiger partial charge in [-0.3, -0.25) is 5.43 Å². The van der Waals surface area contributed by atoms with Gasteiger partial charge in [-0.25, -0.2) is 4.79 Å². The number of benzene rings is 1. The van der Waals surface area contributed by atoms with E-state index in [1.54, 1.807) is 0 Å². The monoisotopic (exact) mass is 251 g/mol. The van der Waals surface area contributed by atoms with Crippen LogP contribution in [-0.4, -0.2) is 21.9 Å². The van der Waals surface area contributed by atoms with Crippen molar-refractivity contribution in [3.8, 4) is 0 Å². The van der Waals surface area contributed by atoms with Crippen LogP contribution >= 0.6 is 12.2 Å². The number of thiocarbonyl (C=S) groups is 1. The molecule has 0 amide bonds. The van der Waals surface area contributed by atoms with Gasteiger partial charge in [0.15, 0.2) is 5.11 Å². The van der Waals surface area contributed by atoms with E-state index in [0.717, 1.165) is 11.1 Å². The first kappa shape index (κ1) is 13.1. The van der Waals surface area contributed by atoms with E-state index in [2.05, 4.69) is 22.7 Å². The number of carboxylic acids is 1. The van der Waals surface area contributed by atoms with E-state index < -0.39 is 5.97 Å². The fraction of sp³-hybridized carbons (Fsp3) is 0.182. The lowest BCUT2D eigenvalue weighted by atomic mass is 10.1. The topological polar surface area (TPSA) is 87.7 Å². The van der Waals surface area contributed by atoms with Gasteiger partial charge in [0, 0.05) is 6.42 Å². The van der Waals surface area contributed by atoms with Gasteiger partial charge in [0.2, 0.25) is 0 Å². The standard InChI is InChI=1S/C11H13N3O2S/c1-7-2-4-8(5-3-7)6-9(10(15)16)13-14-11(12)17/h2-5H,6H2,1H3,(H,15,16)(H3,12,14,17)/b13-9+. The van der Waals surface area contributed by atoms with Gasteiger partial charge in [-0.1, -0.05) is 29.8 Å². The summed E-state index contributed by atoms with van der Waals surface area (Å²) in [7, 11) is 0. The lowest BCUT2D eigenvalue weighted by Gasteiger charge is -2.03. The van der Waals surface area contributed by atoms with Gasteiger partial charge in [-0.2, -0.15) is 5.10 Å². The third-order valence-corrected chi connectivity index (χ3v) is 2.13. The molecule has 0 aliphatic heterocycles. The maximum atomic E-state index is 10.9. The van der Waals surface area contributed by atoms with Crippen molar-refractivity contribution in [1.82, 2.24) is 5.43 Å². The number of aryl methyl sites for hydroxylation is 1. The molecule has 0 radical (unpaired) electrons. The van der Waals surface area contributed by atoms with E-state index in [0.29, 0.717) is 0 Å². The molecule has 0 fully saturated rings. The van der Waals surface area contributed by atoms with Crippen molar-refractivity contribution in [3.05, 3.63) is 35.4 Å².